The molecule has 8 heteroatoms. The minimum atomic E-state index is -0.601. The highest BCUT2D eigenvalue weighted by Crippen LogP contribution is 2.49. The van der Waals surface area contributed by atoms with E-state index in [2.05, 4.69) is 9.88 Å². The number of benzene rings is 2. The molecule has 0 amide bonds. The topological polar surface area (TPSA) is 52.2 Å². The molecule has 2 aliphatic heterocycles. The van der Waals surface area contributed by atoms with Gasteiger partial charge in [-0.15, -0.1) is 0 Å². The molecule has 0 radical (unpaired) electrons. The highest BCUT2D eigenvalue weighted by molar-refractivity contribution is 5.64. The molecule has 1 aromatic heterocycles. The Morgan fingerprint density at radius 2 is 1.71 bits per heavy atom. The van der Waals surface area contributed by atoms with Gasteiger partial charge in [0.2, 0.25) is 5.95 Å². The molecule has 35 heavy (non-hydrogen) atoms. The maximum absolute atomic E-state index is 15.2. The van der Waals surface area contributed by atoms with Crippen molar-refractivity contribution in [1.82, 2.24) is 9.97 Å². The van der Waals surface area contributed by atoms with Crippen molar-refractivity contribution in [2.75, 3.05) is 29.4 Å². The lowest BCUT2D eigenvalue weighted by atomic mass is 9.74. The fraction of sp³-hybridized carbons (Fsp3) is 0.407. The Balaban J connectivity index is 1.28. The van der Waals surface area contributed by atoms with E-state index in [-0.39, 0.29) is 11.4 Å². The number of H-pyrrole nitrogens is 1. The number of anilines is 2. The molecule has 1 saturated heterocycles. The summed E-state index contributed by atoms with van der Waals surface area (Å²) in [6.07, 6.45) is 4.97. The van der Waals surface area contributed by atoms with Crippen molar-refractivity contribution in [2.24, 2.45) is 0 Å². The molecule has 0 saturated carbocycles. The third-order valence-corrected chi connectivity index (χ3v) is 7.88. The molecule has 1 N–H and O–H groups in total. The summed E-state index contributed by atoms with van der Waals surface area (Å²) in [5.41, 5.74) is 3.20. The molecule has 0 atom stereocenters. The quantitative estimate of drug-likeness (QED) is 0.594. The number of aryl methyl sites for hydroxylation is 1. The normalized spacial score (nSPS) is 18.6. The molecule has 5 nitrogen and oxygen atoms in total. The van der Waals surface area contributed by atoms with Gasteiger partial charge in [0.1, 0.15) is 17.5 Å². The second-order valence-electron chi connectivity index (χ2n) is 10.1. The van der Waals surface area contributed by atoms with Crippen LogP contribution in [0.15, 0.2) is 41.2 Å². The minimum absolute atomic E-state index is 0.0526. The molecule has 6 rings (SSSR count). The van der Waals surface area contributed by atoms with Crippen molar-refractivity contribution in [2.45, 2.75) is 50.5 Å². The Bertz CT molecular complexity index is 1330. The van der Waals surface area contributed by atoms with Crippen LogP contribution in [0.1, 0.15) is 48.1 Å². The predicted octanol–water partition coefficient (Wildman–Crippen LogP) is 4.62. The van der Waals surface area contributed by atoms with Crippen molar-refractivity contribution >= 4 is 11.6 Å². The van der Waals surface area contributed by atoms with Crippen LogP contribution in [0.2, 0.25) is 0 Å². The lowest BCUT2D eigenvalue weighted by Crippen LogP contribution is -2.46. The van der Waals surface area contributed by atoms with E-state index in [0.717, 1.165) is 48.6 Å². The van der Waals surface area contributed by atoms with E-state index in [1.807, 2.05) is 4.90 Å². The van der Waals surface area contributed by atoms with Gasteiger partial charge in [-0.2, -0.15) is 0 Å². The molecule has 182 valence electrons. The number of halogens is 3. The highest BCUT2D eigenvalue weighted by Gasteiger charge is 2.47. The molecular weight excluding hydrogens is 453 g/mol. The summed E-state index contributed by atoms with van der Waals surface area (Å²) < 4.78 is 42.8. The van der Waals surface area contributed by atoms with Gasteiger partial charge in [-0.25, -0.2) is 18.2 Å². The Labute approximate surface area is 201 Å². The molecule has 0 unspecified atom stereocenters. The number of nitrogens with one attached hydrogen (secondary N) is 1. The van der Waals surface area contributed by atoms with E-state index in [1.165, 1.54) is 18.2 Å². The molecular formula is C27H27F3N4O. The fourth-order valence-corrected chi connectivity index (χ4v) is 6.11. The van der Waals surface area contributed by atoms with Gasteiger partial charge in [0.25, 0.3) is 5.56 Å². The summed E-state index contributed by atoms with van der Waals surface area (Å²) in [6.45, 7) is 2.23. The first-order chi connectivity index (χ1) is 16.9. The van der Waals surface area contributed by atoms with Crippen LogP contribution in [0.3, 0.4) is 0 Å². The summed E-state index contributed by atoms with van der Waals surface area (Å²) >= 11 is 0. The summed E-state index contributed by atoms with van der Waals surface area (Å²) in [6, 6.07) is 8.59. The monoisotopic (exact) mass is 480 g/mol. The van der Waals surface area contributed by atoms with Crippen LogP contribution in [0.5, 0.6) is 0 Å². The van der Waals surface area contributed by atoms with Gasteiger partial charge in [-0.05, 0) is 62.3 Å². The van der Waals surface area contributed by atoms with E-state index in [1.54, 1.807) is 12.1 Å². The second-order valence-corrected chi connectivity index (χ2v) is 10.1. The van der Waals surface area contributed by atoms with Crippen LogP contribution < -0.4 is 15.4 Å². The number of fused-ring (bicyclic) bond motifs is 3. The third kappa shape index (κ3) is 3.89. The van der Waals surface area contributed by atoms with Crippen LogP contribution in [0.4, 0.5) is 24.8 Å². The van der Waals surface area contributed by atoms with Crippen LogP contribution in [0.25, 0.3) is 0 Å². The van der Waals surface area contributed by atoms with E-state index in [9.17, 15) is 13.6 Å². The van der Waals surface area contributed by atoms with Gasteiger partial charge >= 0.3 is 0 Å². The molecule has 1 spiro atoms. The van der Waals surface area contributed by atoms with Crippen molar-refractivity contribution in [3.63, 3.8) is 0 Å². The van der Waals surface area contributed by atoms with Crippen LogP contribution in [0, 0.1) is 17.5 Å². The van der Waals surface area contributed by atoms with E-state index < -0.39 is 17.0 Å². The molecule has 3 heterocycles. The van der Waals surface area contributed by atoms with E-state index in [0.29, 0.717) is 56.2 Å². The van der Waals surface area contributed by atoms with Gasteiger partial charge in [0.05, 0.1) is 5.69 Å². The number of hydrogen-bond donors (Lipinski definition) is 1. The lowest BCUT2D eigenvalue weighted by molar-refractivity contribution is 0.337. The molecule has 3 aromatic rings. The van der Waals surface area contributed by atoms with Crippen LogP contribution >= 0.6 is 0 Å². The Hall–Kier alpha value is -3.29. The number of aromatic amines is 1. The van der Waals surface area contributed by atoms with Crippen LogP contribution in [-0.2, 0) is 24.8 Å². The largest absolute Gasteiger partial charge is 0.366 e. The van der Waals surface area contributed by atoms with Crippen molar-refractivity contribution in [3.8, 4) is 0 Å². The first-order valence-corrected chi connectivity index (χ1v) is 12.3. The van der Waals surface area contributed by atoms with Crippen molar-refractivity contribution in [1.29, 1.82) is 0 Å². The minimum Gasteiger partial charge on any atom is -0.366 e. The maximum atomic E-state index is 15.2. The van der Waals surface area contributed by atoms with Gasteiger partial charge in [0.15, 0.2) is 0 Å². The summed E-state index contributed by atoms with van der Waals surface area (Å²) in [5, 5.41) is 0. The van der Waals surface area contributed by atoms with Gasteiger partial charge in [-0.3, -0.25) is 9.78 Å². The van der Waals surface area contributed by atoms with E-state index in [4.69, 9.17) is 4.98 Å². The van der Waals surface area contributed by atoms with Gasteiger partial charge in [0, 0.05) is 54.5 Å². The van der Waals surface area contributed by atoms with Gasteiger partial charge in [-0.1, -0.05) is 12.1 Å². The van der Waals surface area contributed by atoms with Crippen molar-refractivity contribution in [3.05, 3.63) is 86.6 Å². The number of piperidine rings is 1. The summed E-state index contributed by atoms with van der Waals surface area (Å²) in [7, 11) is 0. The van der Waals surface area contributed by atoms with Crippen LogP contribution in [-0.4, -0.2) is 29.6 Å². The lowest BCUT2D eigenvalue weighted by Gasteiger charge is -2.40. The molecule has 1 fully saturated rings. The molecule has 1 aliphatic carbocycles. The third-order valence-electron chi connectivity index (χ3n) is 7.88. The first kappa shape index (κ1) is 22.2. The van der Waals surface area contributed by atoms with Gasteiger partial charge < -0.3 is 9.80 Å². The zero-order valence-electron chi connectivity index (χ0n) is 19.4. The number of nitrogens with zero attached hydrogens (tertiary/aromatic N) is 3. The molecule has 2 aromatic carbocycles. The standard InChI is InChI=1S/C27H27F3N4O/c28-18-7-5-17(6-8-18)15-34-16-27(24-21(30)13-19(29)14-23(24)34)9-11-33(12-10-27)26-31-22-4-2-1-3-20(22)25(35)32-26/h5-8,13-14H,1-4,9-12,15-16H2,(H,31,32,35). The number of rotatable bonds is 3. The SMILES string of the molecule is O=c1[nH]c(N2CCC3(CC2)CN(Cc2ccc(F)cc2)c2cc(F)cc(F)c23)nc2c1CCCC2. The highest BCUT2D eigenvalue weighted by atomic mass is 19.1. The smallest absolute Gasteiger partial charge is 0.255 e. The first-order valence-electron chi connectivity index (χ1n) is 12.3. The number of aromatic nitrogens is 2. The summed E-state index contributed by atoms with van der Waals surface area (Å²) in [5.74, 6) is -0.845. The molecule has 3 aliphatic rings. The predicted molar refractivity (Wildman–Crippen MR) is 128 cm³/mol. The molecule has 0 bridgehead atoms. The Morgan fingerprint density at radius 1 is 0.971 bits per heavy atom. The maximum Gasteiger partial charge on any atom is 0.255 e. The number of hydrogen-bond acceptors (Lipinski definition) is 4. The Kier molecular flexibility index (Phi) is 5.34. The van der Waals surface area contributed by atoms with E-state index >= 15 is 4.39 Å². The zero-order valence-corrected chi connectivity index (χ0v) is 19.4. The fourth-order valence-electron chi connectivity index (χ4n) is 6.11. The zero-order chi connectivity index (χ0) is 24.2. The van der Waals surface area contributed by atoms with Crippen molar-refractivity contribution < 1.29 is 13.2 Å². The summed E-state index contributed by atoms with van der Waals surface area (Å²) in [4.78, 5) is 24.4. The average Bonchev–Trinajstić information content (AvgIpc) is 3.13. The second kappa shape index (κ2) is 8.43. The Morgan fingerprint density at radius 3 is 2.49 bits per heavy atom. The average molecular weight is 481 g/mol.